The van der Waals surface area contributed by atoms with Crippen molar-refractivity contribution in [2.24, 2.45) is 11.5 Å². The summed E-state index contributed by atoms with van der Waals surface area (Å²) < 4.78 is 0. The van der Waals surface area contributed by atoms with Crippen LogP contribution in [0.1, 0.15) is 13.3 Å². The Bertz CT molecular complexity index is 87.8. The first-order valence-corrected chi connectivity index (χ1v) is 3.39. The lowest BCUT2D eigenvalue weighted by atomic mass is 10.1. The zero-order valence-corrected chi connectivity index (χ0v) is 6.20. The standard InChI is InChI=1S/C6H16N2O2/c1-4(8)6(10)2-5(9)3-7/h4-6,9-10H,2-3,7-8H2,1H3. The molecule has 0 aromatic carbocycles. The van der Waals surface area contributed by atoms with Crippen molar-refractivity contribution < 1.29 is 10.2 Å². The molecule has 0 heterocycles. The van der Waals surface area contributed by atoms with E-state index in [2.05, 4.69) is 0 Å². The first kappa shape index (κ1) is 9.84. The Kier molecular flexibility index (Phi) is 4.55. The smallest absolute Gasteiger partial charge is 0.0713 e. The van der Waals surface area contributed by atoms with Crippen molar-refractivity contribution in [1.29, 1.82) is 0 Å². The molecule has 0 rings (SSSR count). The zero-order valence-electron chi connectivity index (χ0n) is 6.20. The summed E-state index contributed by atoms with van der Waals surface area (Å²) in [5, 5.41) is 18.0. The molecule has 0 radical (unpaired) electrons. The molecular weight excluding hydrogens is 132 g/mol. The highest BCUT2D eigenvalue weighted by atomic mass is 16.3. The average molecular weight is 148 g/mol. The van der Waals surface area contributed by atoms with Crippen LogP contribution in [0.2, 0.25) is 0 Å². The van der Waals surface area contributed by atoms with Gasteiger partial charge in [-0.1, -0.05) is 0 Å². The SMILES string of the molecule is CC(N)C(O)CC(O)CN. The second-order valence-corrected chi connectivity index (χ2v) is 2.55. The van der Waals surface area contributed by atoms with Crippen molar-refractivity contribution >= 4 is 0 Å². The van der Waals surface area contributed by atoms with Crippen LogP contribution in [0.3, 0.4) is 0 Å². The number of nitrogens with two attached hydrogens (primary N) is 2. The van der Waals surface area contributed by atoms with E-state index in [0.29, 0.717) is 0 Å². The lowest BCUT2D eigenvalue weighted by molar-refractivity contribution is 0.0727. The Morgan fingerprint density at radius 2 is 1.90 bits per heavy atom. The number of hydrogen-bond acceptors (Lipinski definition) is 4. The summed E-state index contributed by atoms with van der Waals surface area (Å²) in [6, 6.07) is -0.304. The van der Waals surface area contributed by atoms with Gasteiger partial charge in [0.15, 0.2) is 0 Å². The maximum Gasteiger partial charge on any atom is 0.0713 e. The highest BCUT2D eigenvalue weighted by Gasteiger charge is 2.13. The third-order valence-corrected chi connectivity index (χ3v) is 1.39. The molecule has 4 nitrogen and oxygen atoms in total. The van der Waals surface area contributed by atoms with Gasteiger partial charge in [-0.25, -0.2) is 0 Å². The topological polar surface area (TPSA) is 92.5 Å². The van der Waals surface area contributed by atoms with Gasteiger partial charge in [-0.2, -0.15) is 0 Å². The number of hydrogen-bond donors (Lipinski definition) is 4. The summed E-state index contributed by atoms with van der Waals surface area (Å²) in [7, 11) is 0. The highest BCUT2D eigenvalue weighted by molar-refractivity contribution is 4.70. The van der Waals surface area contributed by atoms with E-state index in [0.717, 1.165) is 0 Å². The summed E-state index contributed by atoms with van der Waals surface area (Å²) in [4.78, 5) is 0. The second kappa shape index (κ2) is 4.62. The summed E-state index contributed by atoms with van der Waals surface area (Å²) in [5.41, 5.74) is 10.5. The van der Waals surface area contributed by atoms with Crippen molar-refractivity contribution in [3.63, 3.8) is 0 Å². The molecule has 0 amide bonds. The van der Waals surface area contributed by atoms with Crippen molar-refractivity contribution in [2.45, 2.75) is 31.6 Å². The number of rotatable bonds is 4. The van der Waals surface area contributed by atoms with Gasteiger partial charge in [0.1, 0.15) is 0 Å². The molecule has 3 unspecified atom stereocenters. The van der Waals surface area contributed by atoms with Crippen molar-refractivity contribution in [3.8, 4) is 0 Å². The summed E-state index contributed by atoms with van der Waals surface area (Å²) in [5.74, 6) is 0. The van der Waals surface area contributed by atoms with Crippen LogP contribution in [-0.4, -0.2) is 35.0 Å². The molecule has 0 fully saturated rings. The van der Waals surface area contributed by atoms with Gasteiger partial charge in [0.25, 0.3) is 0 Å². The van der Waals surface area contributed by atoms with Crippen LogP contribution in [0.25, 0.3) is 0 Å². The fourth-order valence-corrected chi connectivity index (χ4v) is 0.590. The van der Waals surface area contributed by atoms with Gasteiger partial charge in [-0.3, -0.25) is 0 Å². The minimum absolute atomic E-state index is 0.170. The minimum Gasteiger partial charge on any atom is -0.392 e. The Balaban J connectivity index is 3.46. The quantitative estimate of drug-likeness (QED) is 0.386. The van der Waals surface area contributed by atoms with E-state index in [-0.39, 0.29) is 19.0 Å². The minimum atomic E-state index is -0.654. The average Bonchev–Trinajstić information content (AvgIpc) is 1.87. The molecule has 0 aliphatic rings. The third kappa shape index (κ3) is 3.79. The van der Waals surface area contributed by atoms with Crippen LogP contribution in [0.5, 0.6) is 0 Å². The molecule has 0 aliphatic carbocycles. The Morgan fingerprint density at radius 3 is 2.20 bits per heavy atom. The van der Waals surface area contributed by atoms with Gasteiger partial charge in [0.05, 0.1) is 12.2 Å². The first-order chi connectivity index (χ1) is 4.57. The van der Waals surface area contributed by atoms with Crippen molar-refractivity contribution in [2.75, 3.05) is 6.54 Å². The zero-order chi connectivity index (χ0) is 8.15. The van der Waals surface area contributed by atoms with Crippen molar-refractivity contribution in [1.82, 2.24) is 0 Å². The molecule has 3 atom stereocenters. The molecule has 6 N–H and O–H groups in total. The van der Waals surface area contributed by atoms with E-state index < -0.39 is 12.2 Å². The lowest BCUT2D eigenvalue weighted by Crippen LogP contribution is -2.36. The summed E-state index contributed by atoms with van der Waals surface area (Å²) >= 11 is 0. The van der Waals surface area contributed by atoms with Crippen LogP contribution < -0.4 is 11.5 Å². The molecule has 62 valence electrons. The highest BCUT2D eigenvalue weighted by Crippen LogP contribution is 1.99. The van der Waals surface area contributed by atoms with Gasteiger partial charge in [0, 0.05) is 19.0 Å². The molecule has 0 saturated heterocycles. The second-order valence-electron chi connectivity index (χ2n) is 2.55. The van der Waals surface area contributed by atoms with Crippen molar-refractivity contribution in [3.05, 3.63) is 0 Å². The van der Waals surface area contributed by atoms with Gasteiger partial charge in [-0.15, -0.1) is 0 Å². The van der Waals surface area contributed by atoms with Gasteiger partial charge in [0.2, 0.25) is 0 Å². The van der Waals surface area contributed by atoms with Crippen LogP contribution in [0.4, 0.5) is 0 Å². The first-order valence-electron chi connectivity index (χ1n) is 3.39. The van der Waals surface area contributed by atoms with Crippen LogP contribution >= 0.6 is 0 Å². The molecular formula is C6H16N2O2. The maximum atomic E-state index is 9.09. The predicted molar refractivity (Wildman–Crippen MR) is 39.3 cm³/mol. The van der Waals surface area contributed by atoms with E-state index >= 15 is 0 Å². The van der Waals surface area contributed by atoms with Gasteiger partial charge < -0.3 is 21.7 Å². The largest absolute Gasteiger partial charge is 0.392 e. The van der Waals surface area contributed by atoms with E-state index in [1.807, 2.05) is 0 Å². The Hall–Kier alpha value is -0.160. The predicted octanol–water partition coefficient (Wildman–Crippen LogP) is -1.60. The summed E-state index contributed by atoms with van der Waals surface area (Å²) in [6.45, 7) is 1.86. The Labute approximate surface area is 60.8 Å². The van der Waals surface area contributed by atoms with E-state index in [1.54, 1.807) is 6.92 Å². The normalized spacial score (nSPS) is 20.1. The van der Waals surface area contributed by atoms with Gasteiger partial charge >= 0.3 is 0 Å². The van der Waals surface area contributed by atoms with E-state index in [4.69, 9.17) is 21.7 Å². The fourth-order valence-electron chi connectivity index (χ4n) is 0.590. The number of aliphatic hydroxyl groups is 2. The lowest BCUT2D eigenvalue weighted by Gasteiger charge is -2.16. The van der Waals surface area contributed by atoms with Gasteiger partial charge in [-0.05, 0) is 6.92 Å². The summed E-state index contributed by atoms with van der Waals surface area (Å²) in [6.07, 6.45) is -1.03. The molecule has 0 aliphatic heterocycles. The Morgan fingerprint density at radius 1 is 1.40 bits per heavy atom. The van der Waals surface area contributed by atoms with E-state index in [9.17, 15) is 0 Å². The fraction of sp³-hybridized carbons (Fsp3) is 1.00. The van der Waals surface area contributed by atoms with Crippen LogP contribution in [-0.2, 0) is 0 Å². The molecule has 10 heavy (non-hydrogen) atoms. The molecule has 0 spiro atoms. The maximum absolute atomic E-state index is 9.09. The van der Waals surface area contributed by atoms with Crippen LogP contribution in [0, 0.1) is 0 Å². The third-order valence-electron chi connectivity index (χ3n) is 1.39. The van der Waals surface area contributed by atoms with Crippen LogP contribution in [0.15, 0.2) is 0 Å². The van der Waals surface area contributed by atoms with E-state index in [1.165, 1.54) is 0 Å². The molecule has 0 bridgehead atoms. The molecule has 0 aromatic heterocycles. The molecule has 4 heteroatoms. The monoisotopic (exact) mass is 148 g/mol. The molecule has 0 aromatic rings. The molecule has 0 saturated carbocycles. The number of aliphatic hydroxyl groups excluding tert-OH is 2.